The first kappa shape index (κ1) is 92.2. The molecule has 35 heteroatoms. The Kier molecular flexibility index (Phi) is 44.6. The molecule has 0 aromatic rings. The van der Waals surface area contributed by atoms with Crippen LogP contribution in [0.3, 0.4) is 0 Å². The molecule has 578 valence electrons. The summed E-state index contributed by atoms with van der Waals surface area (Å²) in [5.74, 6) is -10.1. The van der Waals surface area contributed by atoms with E-state index in [9.17, 15) is 52.7 Å². The second-order valence-electron chi connectivity index (χ2n) is 28.8. The summed E-state index contributed by atoms with van der Waals surface area (Å²) < 4.78 is 0. The van der Waals surface area contributed by atoms with Crippen molar-refractivity contribution in [2.24, 2.45) is 119 Å². The molecule has 0 radical (unpaired) electrons. The molecular weight excluding hydrogens is 1300 g/mol. The molecule has 0 aliphatic carbocycles. The summed E-state index contributed by atoms with van der Waals surface area (Å²) in [6.07, 6.45) is 1.71. The van der Waals surface area contributed by atoms with Gasteiger partial charge in [-0.15, -0.1) is 0 Å². The number of nitrogens with one attached hydrogen (secondary N) is 10. The molecular formula is C66H128N24O11. The van der Waals surface area contributed by atoms with Crippen LogP contribution in [0.5, 0.6) is 0 Å². The van der Waals surface area contributed by atoms with E-state index in [1.54, 1.807) is 13.8 Å². The lowest BCUT2D eigenvalue weighted by Gasteiger charge is -2.30. The van der Waals surface area contributed by atoms with Crippen LogP contribution in [-0.4, -0.2) is 181 Å². The van der Waals surface area contributed by atoms with Crippen molar-refractivity contribution in [3.05, 3.63) is 0 Å². The second-order valence-corrected chi connectivity index (χ2v) is 28.8. The van der Waals surface area contributed by atoms with Gasteiger partial charge in [-0.2, -0.15) is 0 Å². The van der Waals surface area contributed by atoms with Gasteiger partial charge in [0.1, 0.15) is 60.4 Å². The minimum atomic E-state index is -1.38. The maximum Gasteiger partial charge on any atom is 0.243 e. The van der Waals surface area contributed by atoms with Crippen LogP contribution in [0.4, 0.5) is 0 Å². The highest BCUT2D eigenvalue weighted by molar-refractivity contribution is 5.99. The summed E-state index contributed by atoms with van der Waals surface area (Å²) in [4.78, 5) is 172. The van der Waals surface area contributed by atoms with Gasteiger partial charge in [0.05, 0.1) is 6.04 Å². The molecule has 0 aromatic carbocycles. The maximum absolute atomic E-state index is 14.7. The van der Waals surface area contributed by atoms with E-state index < -0.39 is 131 Å². The Balaban J connectivity index is 7.32. The van der Waals surface area contributed by atoms with Crippen molar-refractivity contribution in [1.82, 2.24) is 53.2 Å². The average Bonchev–Trinajstić information content (AvgIpc) is 0.861. The van der Waals surface area contributed by atoms with Gasteiger partial charge < -0.3 is 111 Å². The maximum atomic E-state index is 14.7. The lowest BCUT2D eigenvalue weighted by atomic mass is 9.98. The first-order valence-electron chi connectivity index (χ1n) is 35.3. The van der Waals surface area contributed by atoms with Crippen LogP contribution in [0, 0.1) is 41.4 Å². The Bertz CT molecular complexity index is 2740. The SMILES string of the molecule is CC(C)C[C@H](NC(=O)[C@H](CC(C)C)NC(=O)[C@H](CC(C)C)NC(=O)[C@@H](CCCN=C(N)N)NC(=O)[C@H](CC(C)C)NC(=O)[C@H](CC(C)C)NC(=O)[C@@H](CCCN=C(N)N)NC(=O)[C@H](CC(C)C)NC(=O)[C@H](CC(C)C)NC(=O)[C@@H](CCCN=C(N)N)NC(=O)[C@H](N)CCCN=C(N)N)C(N)=O. The van der Waals surface area contributed by atoms with Gasteiger partial charge >= 0.3 is 0 Å². The number of rotatable bonds is 51. The molecule has 0 saturated carbocycles. The van der Waals surface area contributed by atoms with E-state index in [1.165, 1.54) is 0 Å². The number of nitrogens with zero attached hydrogens (tertiary/aromatic N) is 4. The van der Waals surface area contributed by atoms with E-state index in [0.29, 0.717) is 6.42 Å². The number of carbonyl (C=O) groups is 11. The molecule has 11 amide bonds. The molecule has 0 rings (SSSR count). The molecule has 0 fully saturated rings. The summed E-state index contributed by atoms with van der Waals surface area (Å²) in [5.41, 5.74) is 56.2. The lowest BCUT2D eigenvalue weighted by Crippen LogP contribution is -2.61. The fraction of sp³-hybridized carbons (Fsp3) is 0.773. The molecule has 0 heterocycles. The third-order valence-corrected chi connectivity index (χ3v) is 15.4. The van der Waals surface area contributed by atoms with E-state index >= 15 is 0 Å². The van der Waals surface area contributed by atoms with Crippen LogP contribution in [0.25, 0.3) is 0 Å². The molecule has 35 nitrogen and oxygen atoms in total. The topological polar surface area (TPSA) is 618 Å². The number of hydrogen-bond donors (Lipinski definition) is 20. The lowest BCUT2D eigenvalue weighted by molar-refractivity contribution is -0.136. The molecule has 0 aliphatic rings. The van der Waals surface area contributed by atoms with E-state index in [2.05, 4.69) is 73.1 Å². The van der Waals surface area contributed by atoms with Gasteiger partial charge in [-0.05, 0) is 138 Å². The van der Waals surface area contributed by atoms with Crippen molar-refractivity contribution in [1.29, 1.82) is 0 Å². The van der Waals surface area contributed by atoms with Crippen LogP contribution < -0.4 is 111 Å². The number of carbonyl (C=O) groups excluding carboxylic acids is 11. The molecule has 0 saturated heterocycles. The number of amides is 11. The molecule has 0 unspecified atom stereocenters. The zero-order valence-electron chi connectivity index (χ0n) is 62.4. The highest BCUT2D eigenvalue weighted by Crippen LogP contribution is 2.17. The molecule has 0 aromatic heterocycles. The zero-order chi connectivity index (χ0) is 77.4. The summed E-state index contributed by atoms with van der Waals surface area (Å²) in [6, 6.07) is -13.5. The summed E-state index contributed by atoms with van der Waals surface area (Å²) in [7, 11) is 0. The van der Waals surface area contributed by atoms with Crippen molar-refractivity contribution >= 4 is 88.8 Å². The van der Waals surface area contributed by atoms with Crippen LogP contribution in [-0.2, 0) is 52.7 Å². The molecule has 30 N–H and O–H groups in total. The van der Waals surface area contributed by atoms with E-state index in [0.717, 1.165) is 0 Å². The highest BCUT2D eigenvalue weighted by Gasteiger charge is 2.37. The van der Waals surface area contributed by atoms with Gasteiger partial charge in [-0.1, -0.05) is 96.9 Å². The van der Waals surface area contributed by atoms with Gasteiger partial charge in [0.15, 0.2) is 23.8 Å². The fourth-order valence-corrected chi connectivity index (χ4v) is 10.6. The minimum absolute atomic E-state index is 0.000975. The third kappa shape index (κ3) is 42.2. The summed E-state index contributed by atoms with van der Waals surface area (Å²) in [6.45, 7) is 26.0. The Morgan fingerprint density at radius 1 is 0.238 bits per heavy atom. The smallest absolute Gasteiger partial charge is 0.243 e. The number of guanidine groups is 4. The van der Waals surface area contributed by atoms with Gasteiger partial charge in [-0.3, -0.25) is 72.7 Å². The Morgan fingerprint density at radius 2 is 0.396 bits per heavy atom. The molecule has 101 heavy (non-hydrogen) atoms. The Morgan fingerprint density at radius 3 is 0.584 bits per heavy atom. The van der Waals surface area contributed by atoms with Crippen molar-refractivity contribution < 1.29 is 52.7 Å². The van der Waals surface area contributed by atoms with E-state index in [4.69, 9.17) is 57.3 Å². The summed E-state index contributed by atoms with van der Waals surface area (Å²) in [5, 5.41) is 27.6. The standard InChI is InChI=1S/C66H128N24O11/c1-34(2)27-45(52(68)91)84-59(98)48(30-37(7)8)90-62(101)51(33-40(13)14)87-56(95)44(22-18-26-80-66(75)76)83-58(97)47(29-36(5)6)89-61(100)50(32-39(11)12)86-55(94)43(21-17-25-79-65(73)74)82-57(96)46(28-35(3)4)88-60(99)49(31-38(9)10)85-54(93)42(20-16-24-78-64(71)72)81-53(92)41(67)19-15-23-77-63(69)70/h34-51H,15-33,67H2,1-14H3,(H2,68,91)(H,81,92)(H,82,96)(H,83,97)(H,84,98)(H,85,93)(H,86,94)(H,87,95)(H,88,99)(H,89,100)(H,90,101)(H4,69,70,77)(H4,71,72,78)(H4,73,74,79)(H4,75,76,80)/t41-,42-,43-,44-,45+,46+,47+,48+,49+,50+,51+/m1/s1. The van der Waals surface area contributed by atoms with Gasteiger partial charge in [-0.25, -0.2) is 0 Å². The van der Waals surface area contributed by atoms with E-state index in [-0.39, 0.29) is 181 Å². The monoisotopic (exact) mass is 1430 g/mol. The largest absolute Gasteiger partial charge is 0.370 e. The van der Waals surface area contributed by atoms with Crippen molar-refractivity contribution in [2.45, 2.75) is 260 Å². The van der Waals surface area contributed by atoms with Crippen LogP contribution >= 0.6 is 0 Å². The quantitative estimate of drug-likeness (QED) is 0.0166. The number of primary amides is 1. The van der Waals surface area contributed by atoms with Gasteiger partial charge in [0.2, 0.25) is 65.0 Å². The van der Waals surface area contributed by atoms with Crippen LogP contribution in [0.1, 0.15) is 193 Å². The first-order chi connectivity index (χ1) is 47.0. The zero-order valence-corrected chi connectivity index (χ0v) is 62.4. The highest BCUT2D eigenvalue weighted by atomic mass is 16.2. The molecule has 11 atom stereocenters. The minimum Gasteiger partial charge on any atom is -0.370 e. The normalized spacial score (nSPS) is 14.6. The van der Waals surface area contributed by atoms with Gasteiger partial charge in [0, 0.05) is 26.2 Å². The predicted molar refractivity (Wildman–Crippen MR) is 392 cm³/mol. The third-order valence-electron chi connectivity index (χ3n) is 15.4. The molecule has 0 aliphatic heterocycles. The fourth-order valence-electron chi connectivity index (χ4n) is 10.6. The van der Waals surface area contributed by atoms with Crippen LogP contribution in [0.2, 0.25) is 0 Å². The number of aliphatic imine (C=N–C) groups is 4. The molecule has 0 bridgehead atoms. The van der Waals surface area contributed by atoms with Crippen molar-refractivity contribution in [3.63, 3.8) is 0 Å². The molecule has 0 spiro atoms. The van der Waals surface area contributed by atoms with Gasteiger partial charge in [0.25, 0.3) is 0 Å². The van der Waals surface area contributed by atoms with Crippen LogP contribution in [0.15, 0.2) is 20.0 Å². The number of hydrogen-bond acceptors (Lipinski definition) is 16. The average molecular weight is 1430 g/mol. The van der Waals surface area contributed by atoms with E-state index in [1.807, 2.05) is 83.1 Å². The number of nitrogens with two attached hydrogens (primary N) is 10. The van der Waals surface area contributed by atoms with Crippen molar-refractivity contribution in [3.8, 4) is 0 Å². The predicted octanol–water partition coefficient (Wildman–Crippen LogP) is -2.82. The van der Waals surface area contributed by atoms with Crippen molar-refractivity contribution in [2.75, 3.05) is 26.2 Å². The Labute approximate surface area is 597 Å². The first-order valence-corrected chi connectivity index (χ1v) is 35.3. The second kappa shape index (κ2) is 48.9. The summed E-state index contributed by atoms with van der Waals surface area (Å²) >= 11 is 0. The Hall–Kier alpha value is -8.79.